The molecule has 0 aliphatic rings. The van der Waals surface area contributed by atoms with E-state index < -0.39 is 0 Å². The summed E-state index contributed by atoms with van der Waals surface area (Å²) in [6, 6.07) is 6.48. The SMILES string of the molecule is CCc1cccc(C)c1NCc1sc(C)nc1C. The average Bonchev–Trinajstić information content (AvgIpc) is 2.66. The molecule has 0 unspecified atom stereocenters. The quantitative estimate of drug-likeness (QED) is 0.889. The number of aryl methyl sites for hydroxylation is 4. The van der Waals surface area contributed by atoms with Crippen LogP contribution in [0.2, 0.25) is 0 Å². The summed E-state index contributed by atoms with van der Waals surface area (Å²) >= 11 is 1.78. The van der Waals surface area contributed by atoms with Crippen LogP contribution in [0.4, 0.5) is 5.69 Å². The fourth-order valence-corrected chi connectivity index (χ4v) is 3.06. The average molecular weight is 260 g/mol. The molecule has 0 bridgehead atoms. The van der Waals surface area contributed by atoms with E-state index in [1.54, 1.807) is 11.3 Å². The number of hydrogen-bond acceptors (Lipinski definition) is 3. The first-order valence-electron chi connectivity index (χ1n) is 6.37. The van der Waals surface area contributed by atoms with Gasteiger partial charge in [-0.25, -0.2) is 4.98 Å². The minimum absolute atomic E-state index is 0.870. The Morgan fingerprint density at radius 3 is 2.61 bits per heavy atom. The Bertz CT molecular complexity index is 543. The molecule has 3 heteroatoms. The molecule has 1 N–H and O–H groups in total. The van der Waals surface area contributed by atoms with Crippen molar-refractivity contribution in [1.29, 1.82) is 0 Å². The second-order valence-corrected chi connectivity index (χ2v) is 5.85. The van der Waals surface area contributed by atoms with Gasteiger partial charge in [-0.2, -0.15) is 0 Å². The van der Waals surface area contributed by atoms with E-state index in [0.717, 1.165) is 23.7 Å². The largest absolute Gasteiger partial charge is 0.380 e. The van der Waals surface area contributed by atoms with Crippen molar-refractivity contribution in [3.05, 3.63) is 44.9 Å². The van der Waals surface area contributed by atoms with Crippen LogP contribution in [0.3, 0.4) is 0 Å². The highest BCUT2D eigenvalue weighted by Crippen LogP contribution is 2.24. The van der Waals surface area contributed by atoms with Crippen molar-refractivity contribution in [1.82, 2.24) is 4.98 Å². The smallest absolute Gasteiger partial charge is 0.0900 e. The van der Waals surface area contributed by atoms with Gasteiger partial charge in [0.25, 0.3) is 0 Å². The summed E-state index contributed by atoms with van der Waals surface area (Å²) < 4.78 is 0. The Hall–Kier alpha value is -1.35. The standard InChI is InChI=1S/C15H20N2S/c1-5-13-8-6-7-10(2)15(13)16-9-14-11(3)17-12(4)18-14/h6-8,16H,5,9H2,1-4H3. The van der Waals surface area contributed by atoms with Crippen LogP contribution in [0.25, 0.3) is 0 Å². The van der Waals surface area contributed by atoms with Crippen molar-refractivity contribution < 1.29 is 0 Å². The van der Waals surface area contributed by atoms with Gasteiger partial charge in [0.2, 0.25) is 0 Å². The summed E-state index contributed by atoms with van der Waals surface area (Å²) in [4.78, 5) is 5.80. The number of hydrogen-bond donors (Lipinski definition) is 1. The van der Waals surface area contributed by atoms with Crippen molar-refractivity contribution in [3.8, 4) is 0 Å². The lowest BCUT2D eigenvalue weighted by Gasteiger charge is -2.13. The number of rotatable bonds is 4. The van der Waals surface area contributed by atoms with Gasteiger partial charge in [0.15, 0.2) is 0 Å². The van der Waals surface area contributed by atoms with Crippen LogP contribution in [-0.4, -0.2) is 4.98 Å². The zero-order valence-corrected chi connectivity index (χ0v) is 12.3. The van der Waals surface area contributed by atoms with Gasteiger partial charge in [0, 0.05) is 10.6 Å². The molecule has 1 aromatic heterocycles. The minimum atomic E-state index is 0.870. The van der Waals surface area contributed by atoms with Gasteiger partial charge in [0.1, 0.15) is 0 Å². The molecular weight excluding hydrogens is 240 g/mol. The molecule has 0 spiro atoms. The third kappa shape index (κ3) is 2.72. The van der Waals surface area contributed by atoms with E-state index in [4.69, 9.17) is 0 Å². The molecule has 0 saturated heterocycles. The van der Waals surface area contributed by atoms with Crippen molar-refractivity contribution in [2.75, 3.05) is 5.32 Å². The van der Waals surface area contributed by atoms with Crippen LogP contribution in [0.15, 0.2) is 18.2 Å². The van der Waals surface area contributed by atoms with E-state index in [9.17, 15) is 0 Å². The number of aromatic nitrogens is 1. The lowest BCUT2D eigenvalue weighted by molar-refractivity contribution is 1.07. The number of benzene rings is 1. The monoisotopic (exact) mass is 260 g/mol. The maximum Gasteiger partial charge on any atom is 0.0900 e. The fourth-order valence-electron chi connectivity index (χ4n) is 2.18. The molecule has 0 aliphatic heterocycles. The zero-order valence-electron chi connectivity index (χ0n) is 11.5. The van der Waals surface area contributed by atoms with Crippen molar-refractivity contribution >= 4 is 17.0 Å². The molecule has 1 aromatic carbocycles. The number of anilines is 1. The summed E-state index contributed by atoms with van der Waals surface area (Å²) in [6.07, 6.45) is 1.06. The Kier molecular flexibility index (Phi) is 4.02. The molecule has 0 saturated carbocycles. The van der Waals surface area contributed by atoms with Crippen LogP contribution in [0.5, 0.6) is 0 Å². The molecule has 0 radical (unpaired) electrons. The van der Waals surface area contributed by atoms with Gasteiger partial charge in [-0.05, 0) is 38.3 Å². The molecule has 18 heavy (non-hydrogen) atoms. The number of thiazole rings is 1. The van der Waals surface area contributed by atoms with E-state index in [1.165, 1.54) is 21.7 Å². The first-order valence-corrected chi connectivity index (χ1v) is 7.18. The minimum Gasteiger partial charge on any atom is -0.380 e. The third-order valence-electron chi connectivity index (χ3n) is 3.17. The Morgan fingerprint density at radius 1 is 1.22 bits per heavy atom. The molecular formula is C15H20N2S. The van der Waals surface area contributed by atoms with Gasteiger partial charge >= 0.3 is 0 Å². The number of nitrogens with zero attached hydrogens (tertiary/aromatic N) is 1. The molecule has 96 valence electrons. The van der Waals surface area contributed by atoms with E-state index in [1.807, 2.05) is 0 Å². The maximum atomic E-state index is 4.47. The van der Waals surface area contributed by atoms with Crippen LogP contribution < -0.4 is 5.32 Å². The van der Waals surface area contributed by atoms with E-state index in [2.05, 4.69) is 56.2 Å². The highest BCUT2D eigenvalue weighted by molar-refractivity contribution is 7.11. The van der Waals surface area contributed by atoms with E-state index >= 15 is 0 Å². The van der Waals surface area contributed by atoms with Gasteiger partial charge in [-0.15, -0.1) is 11.3 Å². The van der Waals surface area contributed by atoms with Crippen molar-refractivity contribution in [2.24, 2.45) is 0 Å². The third-order valence-corrected chi connectivity index (χ3v) is 4.24. The number of para-hydroxylation sites is 1. The maximum absolute atomic E-state index is 4.47. The predicted molar refractivity (Wildman–Crippen MR) is 79.5 cm³/mol. The molecule has 0 atom stereocenters. The summed E-state index contributed by atoms with van der Waals surface area (Å²) in [5, 5.41) is 4.72. The molecule has 2 rings (SSSR count). The van der Waals surface area contributed by atoms with Crippen molar-refractivity contribution in [3.63, 3.8) is 0 Å². The lowest BCUT2D eigenvalue weighted by atomic mass is 10.1. The molecule has 0 fully saturated rings. The predicted octanol–water partition coefficient (Wildman–Crippen LogP) is 4.24. The van der Waals surface area contributed by atoms with Gasteiger partial charge in [0.05, 0.1) is 17.2 Å². The van der Waals surface area contributed by atoms with Crippen molar-refractivity contribution in [2.45, 2.75) is 40.7 Å². The Labute approximate surface area is 113 Å². The first-order chi connectivity index (χ1) is 8.61. The lowest BCUT2D eigenvalue weighted by Crippen LogP contribution is -2.03. The highest BCUT2D eigenvalue weighted by atomic mass is 32.1. The van der Waals surface area contributed by atoms with Crippen LogP contribution in [0, 0.1) is 20.8 Å². The molecule has 2 nitrogen and oxygen atoms in total. The molecule has 0 amide bonds. The molecule has 1 heterocycles. The summed E-state index contributed by atoms with van der Waals surface area (Å²) in [5.41, 5.74) is 5.13. The summed E-state index contributed by atoms with van der Waals surface area (Å²) in [6.45, 7) is 9.37. The normalized spacial score (nSPS) is 10.7. The fraction of sp³-hybridized carbons (Fsp3) is 0.400. The first kappa shape index (κ1) is 13.1. The Balaban J connectivity index is 2.17. The van der Waals surface area contributed by atoms with E-state index in [-0.39, 0.29) is 0 Å². The molecule has 2 aromatic rings. The van der Waals surface area contributed by atoms with Gasteiger partial charge in [-0.1, -0.05) is 25.1 Å². The number of nitrogens with one attached hydrogen (secondary N) is 1. The highest BCUT2D eigenvalue weighted by Gasteiger charge is 2.07. The summed E-state index contributed by atoms with van der Waals surface area (Å²) in [7, 11) is 0. The van der Waals surface area contributed by atoms with Crippen LogP contribution >= 0.6 is 11.3 Å². The van der Waals surface area contributed by atoms with Crippen LogP contribution in [0.1, 0.15) is 33.6 Å². The van der Waals surface area contributed by atoms with Gasteiger partial charge < -0.3 is 5.32 Å². The van der Waals surface area contributed by atoms with Gasteiger partial charge in [-0.3, -0.25) is 0 Å². The zero-order chi connectivity index (χ0) is 13.1. The topological polar surface area (TPSA) is 24.9 Å². The molecule has 0 aliphatic carbocycles. The summed E-state index contributed by atoms with van der Waals surface area (Å²) in [5.74, 6) is 0. The second kappa shape index (κ2) is 5.53. The van der Waals surface area contributed by atoms with Crippen LogP contribution in [-0.2, 0) is 13.0 Å². The van der Waals surface area contributed by atoms with E-state index in [0.29, 0.717) is 0 Å². The second-order valence-electron chi connectivity index (χ2n) is 4.56. The Morgan fingerprint density at radius 2 is 2.00 bits per heavy atom.